The summed E-state index contributed by atoms with van der Waals surface area (Å²) in [6.07, 6.45) is 1.65. The van der Waals surface area contributed by atoms with Gasteiger partial charge < -0.3 is 10.1 Å². The van der Waals surface area contributed by atoms with Gasteiger partial charge in [-0.25, -0.2) is 0 Å². The smallest absolute Gasteiger partial charge is 0.278 e. The summed E-state index contributed by atoms with van der Waals surface area (Å²) in [7, 11) is 0. The minimum atomic E-state index is -0.373. The zero-order valence-electron chi connectivity index (χ0n) is 12.2. The number of non-ortho nitro benzene ring substituents is 1. The molecule has 1 aliphatic heterocycles. The molecule has 1 aliphatic rings. The SMILES string of the molecule is O=[N+]([O-])c1ccc(NCCN2CCOCC2)c2ncccc12. The Morgan fingerprint density at radius 1 is 1.32 bits per heavy atom. The van der Waals surface area contributed by atoms with Crippen LogP contribution in [0.2, 0.25) is 0 Å². The van der Waals surface area contributed by atoms with Crippen molar-refractivity contribution >= 4 is 22.3 Å². The van der Waals surface area contributed by atoms with Crippen LogP contribution in [-0.4, -0.2) is 54.2 Å². The number of anilines is 1. The number of benzene rings is 1. The molecule has 0 aliphatic carbocycles. The van der Waals surface area contributed by atoms with Crippen LogP contribution in [0.1, 0.15) is 0 Å². The summed E-state index contributed by atoms with van der Waals surface area (Å²) in [5, 5.41) is 15.0. The van der Waals surface area contributed by atoms with Crippen LogP contribution in [-0.2, 0) is 4.74 Å². The molecule has 1 aromatic carbocycles. The van der Waals surface area contributed by atoms with Crippen molar-refractivity contribution in [2.24, 2.45) is 0 Å². The molecule has 0 atom stereocenters. The van der Waals surface area contributed by atoms with Crippen molar-refractivity contribution in [3.05, 3.63) is 40.6 Å². The number of hydrogen-bond donors (Lipinski definition) is 1. The third kappa shape index (κ3) is 3.15. The highest BCUT2D eigenvalue weighted by Gasteiger charge is 2.15. The monoisotopic (exact) mass is 302 g/mol. The number of nitro benzene ring substituents is 1. The lowest BCUT2D eigenvalue weighted by Gasteiger charge is -2.26. The lowest BCUT2D eigenvalue weighted by Crippen LogP contribution is -2.39. The topological polar surface area (TPSA) is 80.5 Å². The van der Waals surface area contributed by atoms with Crippen molar-refractivity contribution in [1.29, 1.82) is 0 Å². The summed E-state index contributed by atoms with van der Waals surface area (Å²) in [4.78, 5) is 17.3. The second-order valence-electron chi connectivity index (χ2n) is 5.17. The molecule has 0 spiro atoms. The van der Waals surface area contributed by atoms with Crippen molar-refractivity contribution in [3.8, 4) is 0 Å². The quantitative estimate of drug-likeness (QED) is 0.671. The normalized spacial score (nSPS) is 15.8. The second-order valence-corrected chi connectivity index (χ2v) is 5.17. The maximum atomic E-state index is 11.1. The molecule has 0 radical (unpaired) electrons. The fraction of sp³-hybridized carbons (Fsp3) is 0.400. The third-order valence-electron chi connectivity index (χ3n) is 3.79. The van der Waals surface area contributed by atoms with Gasteiger partial charge in [0.15, 0.2) is 0 Å². The van der Waals surface area contributed by atoms with E-state index in [9.17, 15) is 10.1 Å². The number of pyridine rings is 1. The average molecular weight is 302 g/mol. The van der Waals surface area contributed by atoms with Crippen molar-refractivity contribution < 1.29 is 9.66 Å². The Balaban J connectivity index is 1.73. The standard InChI is InChI=1S/C15H18N4O3/c20-19(21)14-4-3-13(15-12(14)2-1-5-17-15)16-6-7-18-8-10-22-11-9-18/h1-5,16H,6-11H2. The molecule has 7 heteroatoms. The van der Waals surface area contributed by atoms with E-state index in [1.807, 2.05) is 0 Å². The number of morpholine rings is 1. The number of aromatic nitrogens is 1. The Morgan fingerprint density at radius 2 is 2.14 bits per heavy atom. The van der Waals surface area contributed by atoms with Crippen LogP contribution in [0.15, 0.2) is 30.5 Å². The number of rotatable bonds is 5. The molecule has 1 N–H and O–H groups in total. The fourth-order valence-electron chi connectivity index (χ4n) is 2.63. The molecule has 2 heterocycles. The minimum Gasteiger partial charge on any atom is -0.382 e. The van der Waals surface area contributed by atoms with Crippen LogP contribution in [0.25, 0.3) is 10.9 Å². The minimum absolute atomic E-state index is 0.0850. The van der Waals surface area contributed by atoms with Gasteiger partial charge >= 0.3 is 0 Å². The van der Waals surface area contributed by atoms with Gasteiger partial charge in [0.1, 0.15) is 5.52 Å². The number of nitro groups is 1. The number of nitrogens with one attached hydrogen (secondary N) is 1. The lowest BCUT2D eigenvalue weighted by molar-refractivity contribution is -0.383. The molecule has 1 aromatic heterocycles. The van der Waals surface area contributed by atoms with E-state index in [0.29, 0.717) is 10.9 Å². The van der Waals surface area contributed by atoms with Gasteiger partial charge in [0.05, 0.1) is 29.2 Å². The van der Waals surface area contributed by atoms with E-state index in [2.05, 4.69) is 15.2 Å². The van der Waals surface area contributed by atoms with E-state index in [-0.39, 0.29) is 10.6 Å². The van der Waals surface area contributed by atoms with Crippen molar-refractivity contribution in [2.75, 3.05) is 44.7 Å². The fourth-order valence-corrected chi connectivity index (χ4v) is 2.63. The molecule has 7 nitrogen and oxygen atoms in total. The Bertz CT molecular complexity index is 671. The first-order valence-corrected chi connectivity index (χ1v) is 7.32. The first-order chi connectivity index (χ1) is 10.8. The van der Waals surface area contributed by atoms with E-state index in [4.69, 9.17) is 4.74 Å². The van der Waals surface area contributed by atoms with Crippen LogP contribution < -0.4 is 5.32 Å². The molecule has 0 saturated carbocycles. The summed E-state index contributed by atoms with van der Waals surface area (Å²) < 4.78 is 5.32. The first-order valence-electron chi connectivity index (χ1n) is 7.32. The van der Waals surface area contributed by atoms with Gasteiger partial charge in [-0.05, 0) is 18.2 Å². The molecular formula is C15H18N4O3. The maximum Gasteiger partial charge on any atom is 0.278 e. The van der Waals surface area contributed by atoms with Crippen LogP contribution >= 0.6 is 0 Å². The van der Waals surface area contributed by atoms with Crippen molar-refractivity contribution in [1.82, 2.24) is 9.88 Å². The van der Waals surface area contributed by atoms with Gasteiger partial charge in [-0.3, -0.25) is 20.0 Å². The third-order valence-corrected chi connectivity index (χ3v) is 3.79. The zero-order chi connectivity index (χ0) is 15.4. The highest BCUT2D eigenvalue weighted by molar-refractivity contribution is 5.96. The number of nitrogens with zero attached hydrogens (tertiary/aromatic N) is 3. The summed E-state index contributed by atoms with van der Waals surface area (Å²) in [5.41, 5.74) is 1.55. The number of ether oxygens (including phenoxy) is 1. The van der Waals surface area contributed by atoms with Crippen LogP contribution in [0.4, 0.5) is 11.4 Å². The van der Waals surface area contributed by atoms with Gasteiger partial charge in [-0.2, -0.15) is 0 Å². The summed E-state index contributed by atoms with van der Waals surface area (Å²) in [6.45, 7) is 5.13. The lowest BCUT2D eigenvalue weighted by atomic mass is 10.1. The molecule has 0 unspecified atom stereocenters. The van der Waals surface area contributed by atoms with E-state index >= 15 is 0 Å². The van der Waals surface area contributed by atoms with E-state index < -0.39 is 0 Å². The molecule has 0 bridgehead atoms. The molecule has 116 valence electrons. The van der Waals surface area contributed by atoms with Crippen LogP contribution in [0.5, 0.6) is 0 Å². The van der Waals surface area contributed by atoms with Crippen molar-refractivity contribution in [3.63, 3.8) is 0 Å². The predicted octanol–water partition coefficient (Wildman–Crippen LogP) is 1.89. The van der Waals surface area contributed by atoms with E-state index in [1.54, 1.807) is 24.4 Å². The Kier molecular flexibility index (Phi) is 4.45. The second kappa shape index (κ2) is 6.67. The molecule has 22 heavy (non-hydrogen) atoms. The summed E-state index contributed by atoms with van der Waals surface area (Å²) in [5.74, 6) is 0. The number of fused-ring (bicyclic) bond motifs is 1. The highest BCUT2D eigenvalue weighted by atomic mass is 16.6. The summed E-state index contributed by atoms with van der Waals surface area (Å²) in [6, 6.07) is 6.70. The molecule has 1 saturated heterocycles. The Hall–Kier alpha value is -2.25. The van der Waals surface area contributed by atoms with Gasteiger partial charge in [0.25, 0.3) is 5.69 Å². The maximum absolute atomic E-state index is 11.1. The molecule has 2 aromatic rings. The first kappa shape index (κ1) is 14.7. The van der Waals surface area contributed by atoms with Gasteiger partial charge in [-0.1, -0.05) is 0 Å². The van der Waals surface area contributed by atoms with E-state index in [1.165, 1.54) is 6.07 Å². The van der Waals surface area contributed by atoms with Gasteiger partial charge in [0, 0.05) is 38.4 Å². The average Bonchev–Trinajstić information content (AvgIpc) is 2.55. The zero-order valence-corrected chi connectivity index (χ0v) is 12.2. The highest BCUT2D eigenvalue weighted by Crippen LogP contribution is 2.29. The van der Waals surface area contributed by atoms with Gasteiger partial charge in [-0.15, -0.1) is 0 Å². The van der Waals surface area contributed by atoms with Crippen molar-refractivity contribution in [2.45, 2.75) is 0 Å². The molecular weight excluding hydrogens is 284 g/mol. The van der Waals surface area contributed by atoms with Crippen LogP contribution in [0.3, 0.4) is 0 Å². The summed E-state index contributed by atoms with van der Waals surface area (Å²) >= 11 is 0. The van der Waals surface area contributed by atoms with E-state index in [0.717, 1.165) is 45.1 Å². The molecule has 3 rings (SSSR count). The Labute approximate surface area is 128 Å². The largest absolute Gasteiger partial charge is 0.382 e. The van der Waals surface area contributed by atoms with Gasteiger partial charge in [0.2, 0.25) is 0 Å². The molecule has 0 amide bonds. The van der Waals surface area contributed by atoms with Crippen LogP contribution in [0, 0.1) is 10.1 Å². The Morgan fingerprint density at radius 3 is 2.91 bits per heavy atom. The predicted molar refractivity (Wildman–Crippen MR) is 84.1 cm³/mol. The number of hydrogen-bond acceptors (Lipinski definition) is 6. The molecule has 1 fully saturated rings.